The molecule has 0 bridgehead atoms. The number of nitrogens with zero attached hydrogens (tertiary/aromatic N) is 1. The Balaban J connectivity index is 1.66. The number of halogens is 2. The number of aromatic nitrogens is 2. The highest BCUT2D eigenvalue weighted by atomic mass is 35.5. The monoisotopic (exact) mass is 450 g/mol. The van der Waals surface area contributed by atoms with Crippen LogP contribution in [0.25, 0.3) is 11.0 Å². The van der Waals surface area contributed by atoms with Crippen molar-refractivity contribution in [1.82, 2.24) is 20.6 Å². The SMILES string of the molecule is CSCCC(NC(=O)c1ccc(Cl)cc1Cl)C(=O)NCc1nc2ccccc2[nH]1. The molecule has 0 aliphatic carbocycles. The van der Waals surface area contributed by atoms with Gasteiger partial charge in [-0.15, -0.1) is 0 Å². The van der Waals surface area contributed by atoms with Crippen molar-refractivity contribution in [3.05, 3.63) is 63.9 Å². The highest BCUT2D eigenvalue weighted by molar-refractivity contribution is 7.98. The lowest BCUT2D eigenvalue weighted by molar-refractivity contribution is -0.123. The van der Waals surface area contributed by atoms with Crippen molar-refractivity contribution in [2.45, 2.75) is 19.0 Å². The van der Waals surface area contributed by atoms with Crippen LogP contribution in [0.5, 0.6) is 0 Å². The van der Waals surface area contributed by atoms with Crippen LogP contribution in [0.4, 0.5) is 0 Å². The normalized spacial score (nSPS) is 12.0. The number of carbonyl (C=O) groups excluding carboxylic acids is 2. The summed E-state index contributed by atoms with van der Waals surface area (Å²) in [6.07, 6.45) is 2.44. The molecule has 2 aromatic carbocycles. The molecule has 1 unspecified atom stereocenters. The number of nitrogens with one attached hydrogen (secondary N) is 3. The molecular formula is C20H20Cl2N4O2S. The van der Waals surface area contributed by atoms with Crippen molar-refractivity contribution >= 4 is 57.8 Å². The van der Waals surface area contributed by atoms with Crippen molar-refractivity contribution in [3.8, 4) is 0 Å². The smallest absolute Gasteiger partial charge is 0.253 e. The van der Waals surface area contributed by atoms with Crippen molar-refractivity contribution in [2.24, 2.45) is 0 Å². The second-order valence-electron chi connectivity index (χ2n) is 6.35. The molecule has 0 fully saturated rings. The molecule has 0 aliphatic rings. The summed E-state index contributed by atoms with van der Waals surface area (Å²) in [4.78, 5) is 32.9. The van der Waals surface area contributed by atoms with Crippen LogP contribution >= 0.6 is 35.0 Å². The van der Waals surface area contributed by atoms with Gasteiger partial charge in [-0.05, 0) is 48.8 Å². The van der Waals surface area contributed by atoms with Crippen LogP contribution in [0.2, 0.25) is 10.0 Å². The molecule has 1 atom stereocenters. The number of aromatic amines is 1. The lowest BCUT2D eigenvalue weighted by Crippen LogP contribution is -2.47. The van der Waals surface area contributed by atoms with Crippen molar-refractivity contribution < 1.29 is 9.59 Å². The predicted molar refractivity (Wildman–Crippen MR) is 119 cm³/mol. The van der Waals surface area contributed by atoms with E-state index < -0.39 is 11.9 Å². The molecule has 0 saturated heterocycles. The van der Waals surface area contributed by atoms with Crippen LogP contribution in [0.3, 0.4) is 0 Å². The number of benzene rings is 2. The standard InChI is InChI=1S/C20H20Cl2N4O2S/c1-29-9-8-17(26-19(27)13-7-6-12(21)10-14(13)22)20(28)23-11-18-24-15-4-2-3-5-16(15)25-18/h2-7,10,17H,8-9,11H2,1H3,(H,23,28)(H,24,25)(H,26,27). The molecule has 1 aromatic heterocycles. The van der Waals surface area contributed by atoms with Gasteiger partial charge >= 0.3 is 0 Å². The molecule has 0 spiro atoms. The molecule has 6 nitrogen and oxygen atoms in total. The second kappa shape index (κ2) is 10.0. The maximum Gasteiger partial charge on any atom is 0.253 e. The molecule has 0 aliphatic heterocycles. The first-order chi connectivity index (χ1) is 14.0. The van der Waals surface area contributed by atoms with Crippen molar-refractivity contribution in [1.29, 1.82) is 0 Å². The van der Waals surface area contributed by atoms with Gasteiger partial charge in [-0.25, -0.2) is 4.98 Å². The van der Waals surface area contributed by atoms with Gasteiger partial charge in [0, 0.05) is 5.02 Å². The van der Waals surface area contributed by atoms with Crippen molar-refractivity contribution in [3.63, 3.8) is 0 Å². The Morgan fingerprint density at radius 1 is 1.21 bits per heavy atom. The van der Waals surface area contributed by atoms with Crippen LogP contribution in [-0.4, -0.2) is 39.8 Å². The Bertz CT molecular complexity index is 992. The average Bonchev–Trinajstić information content (AvgIpc) is 3.12. The van der Waals surface area contributed by atoms with Gasteiger partial charge < -0.3 is 15.6 Å². The summed E-state index contributed by atoms with van der Waals surface area (Å²) >= 11 is 13.6. The third-order valence-corrected chi connectivity index (χ3v) is 5.47. The number of amides is 2. The summed E-state index contributed by atoms with van der Waals surface area (Å²) in [6, 6.07) is 11.6. The van der Waals surface area contributed by atoms with Crippen molar-refractivity contribution in [2.75, 3.05) is 12.0 Å². The van der Waals surface area contributed by atoms with Gasteiger partial charge in [0.25, 0.3) is 5.91 Å². The van der Waals surface area contributed by atoms with E-state index in [1.807, 2.05) is 30.5 Å². The molecule has 3 N–H and O–H groups in total. The van der Waals surface area contributed by atoms with Gasteiger partial charge in [0.1, 0.15) is 11.9 Å². The zero-order valence-electron chi connectivity index (χ0n) is 15.7. The first kappa shape index (κ1) is 21.5. The highest BCUT2D eigenvalue weighted by Gasteiger charge is 2.22. The Hall–Kier alpha value is -2.22. The first-order valence-corrected chi connectivity index (χ1v) is 11.1. The first-order valence-electron chi connectivity index (χ1n) is 8.94. The fourth-order valence-electron chi connectivity index (χ4n) is 2.80. The van der Waals surface area contributed by atoms with E-state index in [1.165, 1.54) is 12.1 Å². The summed E-state index contributed by atoms with van der Waals surface area (Å²) in [5, 5.41) is 6.28. The Kier molecular flexibility index (Phi) is 7.41. The summed E-state index contributed by atoms with van der Waals surface area (Å²) in [5.74, 6) is 0.669. The number of rotatable bonds is 8. The predicted octanol–water partition coefficient (Wildman–Crippen LogP) is 4.04. The molecule has 3 aromatic rings. The molecule has 0 saturated carbocycles. The largest absolute Gasteiger partial charge is 0.347 e. The summed E-state index contributed by atoms with van der Waals surface area (Å²) in [5.41, 5.74) is 2.01. The van der Waals surface area contributed by atoms with E-state index in [0.29, 0.717) is 17.3 Å². The lowest BCUT2D eigenvalue weighted by Gasteiger charge is -2.18. The molecule has 3 rings (SSSR count). The van der Waals surface area contributed by atoms with Gasteiger partial charge in [-0.2, -0.15) is 11.8 Å². The van der Waals surface area contributed by atoms with E-state index in [4.69, 9.17) is 23.2 Å². The van der Waals surface area contributed by atoms with Gasteiger partial charge in [0.05, 0.1) is 28.2 Å². The molecule has 0 radical (unpaired) electrons. The Labute approximate surface area is 182 Å². The molecule has 9 heteroatoms. The van der Waals surface area contributed by atoms with Gasteiger partial charge in [-0.1, -0.05) is 35.3 Å². The van der Waals surface area contributed by atoms with Crippen LogP contribution in [0.15, 0.2) is 42.5 Å². The van der Waals surface area contributed by atoms with E-state index in [-0.39, 0.29) is 23.0 Å². The van der Waals surface area contributed by atoms with Gasteiger partial charge in [0.15, 0.2) is 0 Å². The number of thioether (sulfide) groups is 1. The summed E-state index contributed by atoms with van der Waals surface area (Å²) in [6.45, 7) is 0.237. The maximum atomic E-state index is 12.7. The molecule has 29 heavy (non-hydrogen) atoms. The van der Waals surface area contributed by atoms with E-state index in [2.05, 4.69) is 20.6 Å². The van der Waals surface area contributed by atoms with Crippen LogP contribution < -0.4 is 10.6 Å². The number of H-pyrrole nitrogens is 1. The lowest BCUT2D eigenvalue weighted by atomic mass is 10.1. The van der Waals surface area contributed by atoms with Gasteiger partial charge in [-0.3, -0.25) is 9.59 Å². The third kappa shape index (κ3) is 5.65. The minimum atomic E-state index is -0.689. The van der Waals surface area contributed by atoms with Crippen LogP contribution in [0.1, 0.15) is 22.6 Å². The van der Waals surface area contributed by atoms with E-state index >= 15 is 0 Å². The molecule has 2 amide bonds. The third-order valence-electron chi connectivity index (χ3n) is 4.28. The zero-order chi connectivity index (χ0) is 20.8. The minimum absolute atomic E-state index is 0.237. The van der Waals surface area contributed by atoms with Gasteiger partial charge in [0.2, 0.25) is 5.91 Å². The number of imidazole rings is 1. The van der Waals surface area contributed by atoms with E-state index in [1.54, 1.807) is 17.8 Å². The molecule has 1 heterocycles. The summed E-state index contributed by atoms with van der Waals surface area (Å²) < 4.78 is 0. The molecular weight excluding hydrogens is 431 g/mol. The molecule has 152 valence electrons. The number of carbonyl (C=O) groups is 2. The number of hydrogen-bond donors (Lipinski definition) is 3. The zero-order valence-corrected chi connectivity index (χ0v) is 18.0. The highest BCUT2D eigenvalue weighted by Crippen LogP contribution is 2.21. The quantitative estimate of drug-likeness (QED) is 0.483. The van der Waals surface area contributed by atoms with Crippen LogP contribution in [0, 0.1) is 0 Å². The number of para-hydroxylation sites is 2. The number of fused-ring (bicyclic) bond motifs is 1. The number of hydrogen-bond acceptors (Lipinski definition) is 4. The second-order valence-corrected chi connectivity index (χ2v) is 8.18. The van der Waals surface area contributed by atoms with E-state index in [9.17, 15) is 9.59 Å². The topological polar surface area (TPSA) is 86.9 Å². The average molecular weight is 451 g/mol. The summed E-state index contributed by atoms with van der Waals surface area (Å²) in [7, 11) is 0. The fraction of sp³-hybridized carbons (Fsp3) is 0.250. The Morgan fingerprint density at radius 3 is 2.72 bits per heavy atom. The van der Waals surface area contributed by atoms with E-state index in [0.717, 1.165) is 16.8 Å². The fourth-order valence-corrected chi connectivity index (χ4v) is 3.76. The minimum Gasteiger partial charge on any atom is -0.347 e. The van der Waals surface area contributed by atoms with Crippen LogP contribution in [-0.2, 0) is 11.3 Å². The Morgan fingerprint density at radius 2 is 2.00 bits per heavy atom. The maximum absolute atomic E-state index is 12.7.